The van der Waals surface area contributed by atoms with E-state index in [0.29, 0.717) is 0 Å². The number of nitrogens with zero attached hydrogens (tertiary/aromatic N) is 1. The number of hydrogen-bond acceptors (Lipinski definition) is 4. The molecule has 0 saturated carbocycles. The molecule has 3 atom stereocenters. The molecule has 1 fully saturated rings. The average Bonchev–Trinajstić information content (AvgIpc) is 2.06. The van der Waals surface area contributed by atoms with Crippen LogP contribution >= 0.6 is 0 Å². The number of rotatable bonds is 2. The van der Waals surface area contributed by atoms with Crippen molar-refractivity contribution in [3.8, 4) is 0 Å². The largest absolute Gasteiger partial charge is 0.395 e. The number of likely N-dealkylation sites (tertiary alicyclic amines) is 1. The van der Waals surface area contributed by atoms with Crippen LogP contribution in [0.4, 0.5) is 0 Å². The fourth-order valence-corrected chi connectivity index (χ4v) is 1.51. The van der Waals surface area contributed by atoms with E-state index in [-0.39, 0.29) is 18.8 Å². The van der Waals surface area contributed by atoms with E-state index >= 15 is 0 Å². The molecule has 1 saturated heterocycles. The van der Waals surface area contributed by atoms with Crippen LogP contribution in [0.1, 0.15) is 0 Å². The van der Waals surface area contributed by atoms with Crippen LogP contribution in [0.15, 0.2) is 0 Å². The van der Waals surface area contributed by atoms with Gasteiger partial charge in [-0.15, -0.1) is 0 Å². The third kappa shape index (κ3) is 1.77. The molecule has 4 nitrogen and oxygen atoms in total. The summed E-state index contributed by atoms with van der Waals surface area (Å²) in [6, 6.07) is -0.208. The van der Waals surface area contributed by atoms with Gasteiger partial charge in [-0.1, -0.05) is 0 Å². The molecule has 1 aliphatic rings. The van der Waals surface area contributed by atoms with Gasteiger partial charge < -0.3 is 14.9 Å². The van der Waals surface area contributed by atoms with Gasteiger partial charge in [0.25, 0.3) is 0 Å². The number of likely N-dealkylation sites (N-methyl/N-ethyl adjacent to an activating group) is 1. The van der Waals surface area contributed by atoms with Gasteiger partial charge in [0.15, 0.2) is 0 Å². The molecule has 1 rings (SSSR count). The van der Waals surface area contributed by atoms with E-state index < -0.39 is 6.10 Å². The van der Waals surface area contributed by atoms with Gasteiger partial charge in [-0.3, -0.25) is 4.90 Å². The minimum absolute atomic E-state index is 0.0363. The lowest BCUT2D eigenvalue weighted by Crippen LogP contribution is -2.55. The summed E-state index contributed by atoms with van der Waals surface area (Å²) in [6.07, 6.45) is 1.02. The Kier molecular flexibility index (Phi) is 3.46. The van der Waals surface area contributed by atoms with Gasteiger partial charge in [0.05, 0.1) is 24.9 Å². The molecule has 0 aromatic heterocycles. The SMILES string of the molecule is COC1[CH]CN(C)C(CO)C1O. The molecule has 1 heterocycles. The summed E-state index contributed by atoms with van der Waals surface area (Å²) >= 11 is 0. The van der Waals surface area contributed by atoms with Gasteiger partial charge >= 0.3 is 0 Å². The van der Waals surface area contributed by atoms with Gasteiger partial charge in [0.2, 0.25) is 0 Å². The molecule has 0 amide bonds. The maximum atomic E-state index is 9.64. The number of methoxy groups -OCH3 is 1. The van der Waals surface area contributed by atoms with E-state index in [1.807, 2.05) is 18.4 Å². The van der Waals surface area contributed by atoms with Crippen molar-refractivity contribution < 1.29 is 14.9 Å². The standard InChI is InChI=1S/C8H16NO3/c1-9-4-3-7(12-2)8(11)6(9)5-10/h3,6-8,10-11H,4-5H2,1-2H3. The first-order chi connectivity index (χ1) is 5.70. The van der Waals surface area contributed by atoms with Crippen molar-refractivity contribution >= 4 is 0 Å². The van der Waals surface area contributed by atoms with E-state index in [9.17, 15) is 5.11 Å². The highest BCUT2D eigenvalue weighted by Gasteiger charge is 2.34. The molecule has 71 valence electrons. The number of hydrogen-bond donors (Lipinski definition) is 2. The van der Waals surface area contributed by atoms with Crippen LogP contribution in [0.2, 0.25) is 0 Å². The second-order valence-corrected chi connectivity index (χ2v) is 3.12. The summed E-state index contributed by atoms with van der Waals surface area (Å²) < 4.78 is 5.04. The van der Waals surface area contributed by atoms with Crippen LogP contribution < -0.4 is 0 Å². The topological polar surface area (TPSA) is 52.9 Å². The average molecular weight is 174 g/mol. The molecule has 1 aliphatic heterocycles. The van der Waals surface area contributed by atoms with Crippen molar-refractivity contribution in [3.05, 3.63) is 6.42 Å². The van der Waals surface area contributed by atoms with Crippen molar-refractivity contribution in [2.45, 2.75) is 18.2 Å². The molecule has 0 aromatic rings. The smallest absolute Gasteiger partial charge is 0.0981 e. The van der Waals surface area contributed by atoms with Gasteiger partial charge in [-0.25, -0.2) is 0 Å². The van der Waals surface area contributed by atoms with Crippen molar-refractivity contribution in [2.24, 2.45) is 0 Å². The first kappa shape index (κ1) is 9.92. The summed E-state index contributed by atoms with van der Waals surface area (Å²) in [5.41, 5.74) is 0. The number of aliphatic hydroxyl groups is 2. The Morgan fingerprint density at radius 2 is 2.33 bits per heavy atom. The Morgan fingerprint density at radius 3 is 2.83 bits per heavy atom. The zero-order valence-corrected chi connectivity index (χ0v) is 7.47. The molecule has 0 bridgehead atoms. The minimum Gasteiger partial charge on any atom is -0.395 e. The lowest BCUT2D eigenvalue weighted by molar-refractivity contribution is -0.0733. The molecular weight excluding hydrogens is 158 g/mol. The quantitative estimate of drug-likeness (QED) is 0.556. The zero-order chi connectivity index (χ0) is 9.14. The molecule has 2 N–H and O–H groups in total. The normalized spacial score (nSPS) is 38.5. The third-order valence-corrected chi connectivity index (χ3v) is 2.38. The summed E-state index contributed by atoms with van der Waals surface area (Å²) in [7, 11) is 3.43. The molecule has 4 heteroatoms. The van der Waals surface area contributed by atoms with Crippen molar-refractivity contribution in [1.82, 2.24) is 4.90 Å². The van der Waals surface area contributed by atoms with E-state index in [4.69, 9.17) is 9.84 Å². The number of piperidine rings is 1. The highest BCUT2D eigenvalue weighted by Crippen LogP contribution is 2.17. The fourth-order valence-electron chi connectivity index (χ4n) is 1.51. The van der Waals surface area contributed by atoms with Crippen LogP contribution in [0.3, 0.4) is 0 Å². The monoisotopic (exact) mass is 174 g/mol. The van der Waals surface area contributed by atoms with Gasteiger partial charge in [-0.2, -0.15) is 0 Å². The number of ether oxygens (including phenoxy) is 1. The third-order valence-electron chi connectivity index (χ3n) is 2.38. The van der Waals surface area contributed by atoms with E-state index in [0.717, 1.165) is 6.54 Å². The van der Waals surface area contributed by atoms with Gasteiger partial charge in [-0.05, 0) is 7.05 Å². The Balaban J connectivity index is 2.56. The molecule has 3 unspecified atom stereocenters. The summed E-state index contributed by atoms with van der Waals surface area (Å²) in [5.74, 6) is 0. The van der Waals surface area contributed by atoms with Crippen LogP contribution in [0.5, 0.6) is 0 Å². The second-order valence-electron chi connectivity index (χ2n) is 3.12. The van der Waals surface area contributed by atoms with Gasteiger partial charge in [0, 0.05) is 20.1 Å². The minimum atomic E-state index is -0.626. The van der Waals surface area contributed by atoms with Crippen LogP contribution in [0.25, 0.3) is 0 Å². The second kappa shape index (κ2) is 4.18. The fraction of sp³-hybridized carbons (Fsp3) is 0.875. The molecular formula is C8H16NO3. The maximum Gasteiger partial charge on any atom is 0.0981 e. The Hall–Kier alpha value is -0.160. The van der Waals surface area contributed by atoms with Gasteiger partial charge in [0.1, 0.15) is 0 Å². The maximum absolute atomic E-state index is 9.64. The summed E-state index contributed by atoms with van der Waals surface area (Å²) in [5, 5.41) is 18.6. The van der Waals surface area contributed by atoms with Crippen LogP contribution in [-0.2, 0) is 4.74 Å². The molecule has 0 aliphatic carbocycles. The van der Waals surface area contributed by atoms with Crippen LogP contribution in [-0.4, -0.2) is 60.7 Å². The Morgan fingerprint density at radius 1 is 1.67 bits per heavy atom. The highest BCUT2D eigenvalue weighted by molar-refractivity contribution is 4.98. The molecule has 1 radical (unpaired) electrons. The van der Waals surface area contributed by atoms with Crippen LogP contribution in [0, 0.1) is 6.42 Å². The van der Waals surface area contributed by atoms with Crippen molar-refractivity contribution in [1.29, 1.82) is 0 Å². The highest BCUT2D eigenvalue weighted by atomic mass is 16.5. The van der Waals surface area contributed by atoms with E-state index in [1.165, 1.54) is 0 Å². The predicted molar refractivity (Wildman–Crippen MR) is 44.6 cm³/mol. The molecule has 12 heavy (non-hydrogen) atoms. The molecule has 0 aromatic carbocycles. The molecule has 0 spiro atoms. The van der Waals surface area contributed by atoms with E-state index in [1.54, 1.807) is 7.11 Å². The predicted octanol–water partition coefficient (Wildman–Crippen LogP) is -1.13. The zero-order valence-electron chi connectivity index (χ0n) is 7.47. The van der Waals surface area contributed by atoms with E-state index in [2.05, 4.69) is 0 Å². The lowest BCUT2D eigenvalue weighted by atomic mass is 9.97. The van der Waals surface area contributed by atoms with Crippen molar-refractivity contribution in [3.63, 3.8) is 0 Å². The lowest BCUT2D eigenvalue weighted by Gasteiger charge is -2.39. The van der Waals surface area contributed by atoms with Crippen molar-refractivity contribution in [2.75, 3.05) is 27.3 Å². The Bertz CT molecular complexity index is 142. The Labute approximate surface area is 72.7 Å². The number of aliphatic hydroxyl groups excluding tert-OH is 2. The first-order valence-corrected chi connectivity index (χ1v) is 4.06. The summed E-state index contributed by atoms with van der Waals surface area (Å²) in [4.78, 5) is 1.90. The first-order valence-electron chi connectivity index (χ1n) is 4.06. The summed E-state index contributed by atoms with van der Waals surface area (Å²) in [6.45, 7) is 0.701.